The number of aromatic hydroxyl groups is 1. The normalized spacial score (nSPS) is 24.6. The van der Waals surface area contributed by atoms with Gasteiger partial charge >= 0.3 is 11.9 Å². The Morgan fingerprint density at radius 2 is 1.15 bits per heavy atom. The number of carbonyl (C=O) groups excluding carboxylic acids is 6. The second-order valence-electron chi connectivity index (χ2n) is 17.8. The number of benzene rings is 1. The Hall–Kier alpha value is -5.91. The second kappa shape index (κ2) is 29.1. The molecule has 6 atom stereocenters. The number of rotatable bonds is 18. The van der Waals surface area contributed by atoms with Crippen LogP contribution in [0.2, 0.25) is 0 Å². The third-order valence-corrected chi connectivity index (χ3v) is 12.2. The lowest BCUT2D eigenvalue weighted by Crippen LogP contribution is -2.58. The zero-order chi connectivity index (χ0) is 49.4. The summed E-state index contributed by atoms with van der Waals surface area (Å²) >= 11 is 0. The quantitative estimate of drug-likeness (QED) is 0.0415. The fraction of sp³-hybridized carbons (Fsp3) is 0.667. The molecule has 23 nitrogen and oxygen atoms in total. The van der Waals surface area contributed by atoms with E-state index in [2.05, 4.69) is 46.3 Å². The first kappa shape index (κ1) is 54.7. The number of hydrogen-bond donors (Lipinski definition) is 10. The molecular formula is C45H72N12O11. The number of amides is 5. The van der Waals surface area contributed by atoms with Crippen molar-refractivity contribution < 1.29 is 53.7 Å². The molecule has 23 heteroatoms. The van der Waals surface area contributed by atoms with Gasteiger partial charge in [-0.15, -0.1) is 0 Å². The van der Waals surface area contributed by atoms with Gasteiger partial charge in [0.25, 0.3) is 0 Å². The molecule has 0 radical (unpaired) electrons. The number of aliphatic carboxylic acids is 2. The lowest BCUT2D eigenvalue weighted by atomic mass is 10.0. The monoisotopic (exact) mass is 957 g/mol. The minimum atomic E-state index is -1.64. The maximum absolute atomic E-state index is 14.1. The van der Waals surface area contributed by atoms with E-state index in [-0.39, 0.29) is 56.3 Å². The van der Waals surface area contributed by atoms with Crippen LogP contribution < -0.4 is 38.1 Å². The molecular weight excluding hydrogens is 885 g/mol. The first-order chi connectivity index (χ1) is 32.5. The zero-order valence-corrected chi connectivity index (χ0v) is 39.0. The van der Waals surface area contributed by atoms with E-state index in [1.807, 2.05) is 4.90 Å². The van der Waals surface area contributed by atoms with E-state index in [9.17, 15) is 53.7 Å². The Morgan fingerprint density at radius 3 is 1.75 bits per heavy atom. The van der Waals surface area contributed by atoms with Crippen LogP contribution in [0.4, 0.5) is 0 Å². The fourth-order valence-electron chi connectivity index (χ4n) is 8.55. The smallest absolute Gasteiger partial charge is 0.317 e. The number of carboxylic acids is 2. The van der Waals surface area contributed by atoms with E-state index >= 15 is 0 Å². The van der Waals surface area contributed by atoms with E-state index < -0.39 is 78.6 Å². The van der Waals surface area contributed by atoms with Crippen LogP contribution in [-0.4, -0.2) is 204 Å². The van der Waals surface area contributed by atoms with Crippen molar-refractivity contribution >= 4 is 53.2 Å². The Bertz CT molecular complexity index is 1880. The fourth-order valence-corrected chi connectivity index (χ4v) is 8.55. The molecule has 0 saturated carbocycles. The third kappa shape index (κ3) is 20.9. The number of carboxylic acid groups (broad SMARTS) is 2. The van der Waals surface area contributed by atoms with Crippen molar-refractivity contribution in [2.24, 2.45) is 16.5 Å². The summed E-state index contributed by atoms with van der Waals surface area (Å²) in [7, 11) is 0. The van der Waals surface area contributed by atoms with Crippen LogP contribution >= 0.6 is 0 Å². The van der Waals surface area contributed by atoms with Crippen molar-refractivity contribution in [3.63, 3.8) is 0 Å². The van der Waals surface area contributed by atoms with Crippen molar-refractivity contribution in [1.29, 1.82) is 0 Å². The minimum Gasteiger partial charge on any atom is -0.508 e. The summed E-state index contributed by atoms with van der Waals surface area (Å²) < 4.78 is 0. The highest BCUT2D eigenvalue weighted by atomic mass is 16.4. The summed E-state index contributed by atoms with van der Waals surface area (Å²) in [6, 6.07) is 0.368. The Labute approximate surface area is 397 Å². The summed E-state index contributed by atoms with van der Waals surface area (Å²) in [4.78, 5) is 118. The predicted molar refractivity (Wildman–Crippen MR) is 250 cm³/mol. The molecule has 2 bridgehead atoms. The number of Topliss-reactive ketones (excluding diaryl/α,β-unsaturated/α-hetero) is 1. The molecule has 1 aromatic carbocycles. The summed E-state index contributed by atoms with van der Waals surface area (Å²) in [5.41, 5.74) is 11.4. The molecule has 2 unspecified atom stereocenters. The van der Waals surface area contributed by atoms with Gasteiger partial charge in [-0.25, -0.2) is 0 Å². The summed E-state index contributed by atoms with van der Waals surface area (Å²) in [5, 5.41) is 41.5. The van der Waals surface area contributed by atoms with Gasteiger partial charge in [-0.1, -0.05) is 25.0 Å². The number of aliphatic imine (C=N–C) groups is 1. The van der Waals surface area contributed by atoms with Gasteiger partial charge in [0.05, 0.1) is 26.1 Å². The Balaban J connectivity index is 1.44. The SMILES string of the molecule is NC(N)=NCCC[C@@H]1NC(=O)[C@H](CCCCCC(=O)CN2CCCN3CCCN(CCCN(CC(=O)O)CC3)CC2)NC(=O)[C@@H](Cc2ccc(O)cc2)NC(=O)[C@H](CC(=O)O)NC(=O)CNC1=O. The van der Waals surface area contributed by atoms with Gasteiger partial charge in [-0.05, 0) is 95.4 Å². The van der Waals surface area contributed by atoms with Crippen LogP contribution in [0.3, 0.4) is 0 Å². The van der Waals surface area contributed by atoms with Crippen molar-refractivity contribution in [3.8, 4) is 5.75 Å². The van der Waals surface area contributed by atoms with Crippen LogP contribution in [0.1, 0.15) is 76.2 Å². The Morgan fingerprint density at radius 1 is 0.603 bits per heavy atom. The van der Waals surface area contributed by atoms with Gasteiger partial charge in [0.2, 0.25) is 29.5 Å². The molecule has 3 aliphatic rings. The van der Waals surface area contributed by atoms with Crippen molar-refractivity contribution in [3.05, 3.63) is 29.8 Å². The van der Waals surface area contributed by atoms with Crippen molar-refractivity contribution in [2.45, 2.75) is 101 Å². The van der Waals surface area contributed by atoms with Gasteiger partial charge in [0.1, 0.15) is 35.7 Å². The zero-order valence-electron chi connectivity index (χ0n) is 39.0. The lowest BCUT2D eigenvalue weighted by molar-refractivity contribution is -0.141. The van der Waals surface area contributed by atoms with E-state index in [0.717, 1.165) is 71.6 Å². The van der Waals surface area contributed by atoms with Gasteiger partial charge in [-0.2, -0.15) is 0 Å². The first-order valence-electron chi connectivity index (χ1n) is 23.7. The highest BCUT2D eigenvalue weighted by Crippen LogP contribution is 2.15. The average molecular weight is 957 g/mol. The van der Waals surface area contributed by atoms with E-state index in [1.165, 1.54) is 24.3 Å². The maximum Gasteiger partial charge on any atom is 0.317 e. The third-order valence-electron chi connectivity index (χ3n) is 12.2. The van der Waals surface area contributed by atoms with Crippen LogP contribution in [0.15, 0.2) is 29.3 Å². The number of guanidine groups is 1. The highest BCUT2D eigenvalue weighted by molar-refractivity contribution is 5.98. The number of phenols is 1. The molecule has 4 rings (SSSR count). The number of nitrogens with one attached hydrogen (secondary N) is 5. The number of nitrogens with two attached hydrogens (primary N) is 2. The average Bonchev–Trinajstić information content (AvgIpc) is 3.35. The number of phenolic OH excluding ortho intramolecular Hbond substituents is 1. The number of nitrogens with zero attached hydrogens (tertiary/aromatic N) is 5. The molecule has 3 saturated heterocycles. The molecule has 3 heterocycles. The van der Waals surface area contributed by atoms with E-state index in [4.69, 9.17) is 11.5 Å². The number of hydrogen-bond acceptors (Lipinski definition) is 14. The van der Waals surface area contributed by atoms with Gasteiger partial charge in [0, 0.05) is 52.1 Å². The lowest BCUT2D eigenvalue weighted by Gasteiger charge is -2.29. The number of carbonyl (C=O) groups is 8. The van der Waals surface area contributed by atoms with E-state index in [0.29, 0.717) is 50.9 Å². The molecule has 68 heavy (non-hydrogen) atoms. The van der Waals surface area contributed by atoms with Gasteiger partial charge in [-0.3, -0.25) is 53.1 Å². The van der Waals surface area contributed by atoms with Crippen LogP contribution in [0.5, 0.6) is 5.75 Å². The van der Waals surface area contributed by atoms with Gasteiger partial charge in [0.15, 0.2) is 5.96 Å². The van der Waals surface area contributed by atoms with Gasteiger partial charge < -0.3 is 63.2 Å². The number of fused-ring (bicyclic) bond motifs is 4. The van der Waals surface area contributed by atoms with Crippen LogP contribution in [-0.2, 0) is 44.8 Å². The maximum atomic E-state index is 14.1. The van der Waals surface area contributed by atoms with E-state index in [1.54, 1.807) is 0 Å². The second-order valence-corrected chi connectivity index (χ2v) is 17.8. The standard InChI is InChI=1S/C45H72N12O11/c46-45(47)48-15-4-10-34-41(65)49-28-38(60)50-37(27-39(61)62)44(68)53-36(26-31-11-13-32(58)14-12-31)43(67)52-35(42(66)51-34)9-3-1-2-8-33(59)29-56-20-6-18-55-17-5-16-54(22-24-56)19-7-21-57(25-23-55)30-40(63)64/h11-14,34-37,58H,1-10,15-30H2,(H,49,65)(H,50,60)(H,51,66)(H,52,67)(H,53,68)(H,61,62)(H,63,64)(H4,46,47,48)/t34-,35-,36+,37-/m0/s1. The predicted octanol–water partition coefficient (Wildman–Crippen LogP) is -2.46. The number of unbranched alkanes of at least 4 members (excludes halogenated alkanes) is 2. The molecule has 0 spiro atoms. The van der Waals surface area contributed by atoms with Crippen molar-refractivity contribution in [1.82, 2.24) is 46.2 Å². The minimum absolute atomic E-state index is 0.0323. The summed E-state index contributed by atoms with van der Waals surface area (Å²) in [6.07, 6.45) is 3.86. The summed E-state index contributed by atoms with van der Waals surface area (Å²) in [5.74, 6) is -6.53. The molecule has 3 aliphatic heterocycles. The topological polar surface area (TPSA) is 335 Å². The molecule has 0 aliphatic carbocycles. The first-order valence-corrected chi connectivity index (χ1v) is 23.7. The Kier molecular flexibility index (Phi) is 23.4. The summed E-state index contributed by atoms with van der Waals surface area (Å²) in [6.45, 7) is 7.86. The molecule has 378 valence electrons. The number of ketones is 1. The molecule has 3 fully saturated rings. The highest BCUT2D eigenvalue weighted by Gasteiger charge is 2.33. The molecule has 1 aromatic rings. The molecule has 0 aromatic heterocycles. The molecule has 12 N–H and O–H groups in total. The molecule has 5 amide bonds. The van der Waals surface area contributed by atoms with Crippen molar-refractivity contribution in [2.75, 3.05) is 91.6 Å². The largest absolute Gasteiger partial charge is 0.508 e. The van der Waals surface area contributed by atoms with Crippen LogP contribution in [0, 0.1) is 0 Å². The van der Waals surface area contributed by atoms with Crippen LogP contribution in [0.25, 0.3) is 0 Å².